The highest BCUT2D eigenvalue weighted by Gasteiger charge is 2.37. The molecule has 1 aliphatic carbocycles. The average Bonchev–Trinajstić information content (AvgIpc) is 3.45. The Hall–Kier alpha value is -3.42. The molecular formula is C24H26N6O3S. The number of nitrogens with one attached hydrogen (secondary N) is 1. The summed E-state index contributed by atoms with van der Waals surface area (Å²) in [6.07, 6.45) is 6.80. The fourth-order valence-corrected chi connectivity index (χ4v) is 5.33. The van der Waals surface area contributed by atoms with Gasteiger partial charge in [-0.05, 0) is 31.4 Å². The molecule has 2 unspecified atom stereocenters. The van der Waals surface area contributed by atoms with Gasteiger partial charge in [-0.1, -0.05) is 30.0 Å². The number of nitrogen functional groups attached to an aromatic ring is 1. The van der Waals surface area contributed by atoms with E-state index < -0.39 is 10.0 Å². The van der Waals surface area contributed by atoms with Gasteiger partial charge >= 0.3 is 0 Å². The van der Waals surface area contributed by atoms with Gasteiger partial charge in [-0.2, -0.15) is 0 Å². The van der Waals surface area contributed by atoms with E-state index in [1.807, 2.05) is 24.4 Å². The standard InChI is InChI=1S/C24H26N6O3S/c1-34(32,33)29-11-9-19(10-12-29)30-14-18(21-22(25)26-15-27-23(21)30)8-7-17-13-20(17)28-24(31)16-5-3-2-4-6-16/h2-6,14-15,17,19-20H,9-13H2,1H3,(H,28,31)(H2,25,26,27). The largest absolute Gasteiger partial charge is 0.383 e. The first kappa shape index (κ1) is 22.4. The number of rotatable bonds is 4. The monoisotopic (exact) mass is 478 g/mol. The molecule has 1 aromatic carbocycles. The SMILES string of the molecule is CS(=O)(=O)N1CCC(n2cc(C#CC3CC3NC(=O)c3ccccc3)c3c(N)ncnc32)CC1. The number of carbonyl (C=O) groups is 1. The zero-order chi connectivity index (χ0) is 23.9. The molecule has 1 amide bonds. The number of aromatic nitrogens is 3. The molecule has 3 N–H and O–H groups in total. The molecule has 1 saturated carbocycles. The minimum absolute atomic E-state index is 0.0301. The molecular weight excluding hydrogens is 452 g/mol. The molecule has 3 heterocycles. The number of sulfonamides is 1. The van der Waals surface area contributed by atoms with Crippen molar-refractivity contribution in [1.29, 1.82) is 0 Å². The Balaban J connectivity index is 1.34. The fraction of sp³-hybridized carbons (Fsp3) is 0.375. The molecule has 2 aromatic heterocycles. The second-order valence-corrected chi connectivity index (χ2v) is 10.8. The highest BCUT2D eigenvalue weighted by atomic mass is 32.2. The van der Waals surface area contributed by atoms with Crippen molar-refractivity contribution in [2.75, 3.05) is 25.1 Å². The van der Waals surface area contributed by atoms with Crippen LogP contribution >= 0.6 is 0 Å². The van der Waals surface area contributed by atoms with Crippen molar-refractivity contribution in [3.05, 3.63) is 54.0 Å². The Bertz CT molecular complexity index is 1400. The van der Waals surface area contributed by atoms with Crippen molar-refractivity contribution >= 4 is 32.8 Å². The van der Waals surface area contributed by atoms with Crippen molar-refractivity contribution < 1.29 is 13.2 Å². The van der Waals surface area contributed by atoms with E-state index in [4.69, 9.17) is 5.73 Å². The van der Waals surface area contributed by atoms with Crippen LogP contribution in [0.5, 0.6) is 0 Å². The molecule has 0 bridgehead atoms. The Kier molecular flexibility index (Phi) is 5.75. The summed E-state index contributed by atoms with van der Waals surface area (Å²) in [6.45, 7) is 0.936. The van der Waals surface area contributed by atoms with E-state index in [0.29, 0.717) is 48.3 Å². The molecule has 1 aliphatic heterocycles. The number of nitrogens with two attached hydrogens (primary N) is 1. The summed E-state index contributed by atoms with van der Waals surface area (Å²) in [5.41, 5.74) is 8.27. The van der Waals surface area contributed by atoms with Gasteiger partial charge in [0.15, 0.2) is 0 Å². The topological polar surface area (TPSA) is 123 Å². The van der Waals surface area contributed by atoms with Gasteiger partial charge in [-0.25, -0.2) is 22.7 Å². The molecule has 2 aliphatic rings. The number of piperidine rings is 1. The maximum Gasteiger partial charge on any atom is 0.251 e. The van der Waals surface area contributed by atoms with E-state index in [-0.39, 0.29) is 23.9 Å². The van der Waals surface area contributed by atoms with E-state index >= 15 is 0 Å². The lowest BCUT2D eigenvalue weighted by Crippen LogP contribution is -2.38. The van der Waals surface area contributed by atoms with E-state index in [0.717, 1.165) is 12.0 Å². The highest BCUT2D eigenvalue weighted by Crippen LogP contribution is 2.33. The van der Waals surface area contributed by atoms with Gasteiger partial charge in [-0.15, -0.1) is 0 Å². The van der Waals surface area contributed by atoms with Crippen molar-refractivity contribution in [2.24, 2.45) is 5.92 Å². The third-order valence-electron chi connectivity index (χ3n) is 6.46. The lowest BCUT2D eigenvalue weighted by molar-refractivity contribution is 0.0950. The van der Waals surface area contributed by atoms with Crippen molar-refractivity contribution in [3.8, 4) is 11.8 Å². The van der Waals surface area contributed by atoms with Crippen molar-refractivity contribution in [3.63, 3.8) is 0 Å². The molecule has 9 nitrogen and oxygen atoms in total. The van der Waals surface area contributed by atoms with Gasteiger partial charge in [0.05, 0.1) is 17.2 Å². The summed E-state index contributed by atoms with van der Waals surface area (Å²) in [7, 11) is -3.19. The first-order chi connectivity index (χ1) is 16.3. The Morgan fingerprint density at radius 1 is 1.18 bits per heavy atom. The quantitative estimate of drug-likeness (QED) is 0.551. The summed E-state index contributed by atoms with van der Waals surface area (Å²) in [5.74, 6) is 6.86. The molecule has 10 heteroatoms. The van der Waals surface area contributed by atoms with Crippen LogP contribution in [0.15, 0.2) is 42.9 Å². The maximum absolute atomic E-state index is 12.4. The Labute approximate surface area is 198 Å². The summed E-state index contributed by atoms with van der Waals surface area (Å²) < 4.78 is 27.3. The summed E-state index contributed by atoms with van der Waals surface area (Å²) in [4.78, 5) is 21.0. The van der Waals surface area contributed by atoms with Gasteiger partial charge in [0, 0.05) is 42.9 Å². The summed E-state index contributed by atoms with van der Waals surface area (Å²) >= 11 is 0. The van der Waals surface area contributed by atoms with Crippen LogP contribution in [0.1, 0.15) is 41.2 Å². The summed E-state index contributed by atoms with van der Waals surface area (Å²) in [6, 6.07) is 9.26. The second kappa shape index (κ2) is 8.74. The maximum atomic E-state index is 12.4. The van der Waals surface area contributed by atoms with E-state index in [1.54, 1.807) is 12.1 Å². The number of benzene rings is 1. The molecule has 176 valence electrons. The number of hydrogen-bond donors (Lipinski definition) is 2. The fourth-order valence-electron chi connectivity index (χ4n) is 4.46. The van der Waals surface area contributed by atoms with Crippen LogP contribution in [-0.2, 0) is 10.0 Å². The first-order valence-electron chi connectivity index (χ1n) is 11.2. The lowest BCUT2D eigenvalue weighted by Gasteiger charge is -2.31. The van der Waals surface area contributed by atoms with Gasteiger partial charge in [0.25, 0.3) is 5.91 Å². The van der Waals surface area contributed by atoms with Crippen LogP contribution in [0, 0.1) is 17.8 Å². The molecule has 1 saturated heterocycles. The van der Waals surface area contributed by atoms with Crippen LogP contribution < -0.4 is 11.1 Å². The number of nitrogens with zero attached hydrogens (tertiary/aromatic N) is 4. The number of amides is 1. The first-order valence-corrected chi connectivity index (χ1v) is 13.1. The smallest absolute Gasteiger partial charge is 0.251 e. The zero-order valence-corrected chi connectivity index (χ0v) is 19.6. The molecule has 2 fully saturated rings. The molecule has 2 atom stereocenters. The normalized spacial score (nSPS) is 21.1. The van der Waals surface area contributed by atoms with Crippen LogP contribution in [0.25, 0.3) is 11.0 Å². The lowest BCUT2D eigenvalue weighted by atomic mass is 10.1. The van der Waals surface area contributed by atoms with Crippen LogP contribution in [0.4, 0.5) is 5.82 Å². The van der Waals surface area contributed by atoms with Gasteiger partial charge in [-0.3, -0.25) is 4.79 Å². The minimum Gasteiger partial charge on any atom is -0.383 e. The van der Waals surface area contributed by atoms with Crippen LogP contribution in [0.2, 0.25) is 0 Å². The third kappa shape index (κ3) is 4.49. The van der Waals surface area contributed by atoms with Crippen molar-refractivity contribution in [2.45, 2.75) is 31.3 Å². The molecule has 0 radical (unpaired) electrons. The van der Waals surface area contributed by atoms with Crippen LogP contribution in [0.3, 0.4) is 0 Å². The third-order valence-corrected chi connectivity index (χ3v) is 7.76. The predicted octanol–water partition coefficient (Wildman–Crippen LogP) is 1.78. The number of carbonyl (C=O) groups excluding carboxylic acids is 1. The molecule has 0 spiro atoms. The average molecular weight is 479 g/mol. The molecule has 5 rings (SSSR count). The highest BCUT2D eigenvalue weighted by molar-refractivity contribution is 7.88. The van der Waals surface area contributed by atoms with E-state index in [1.165, 1.54) is 16.9 Å². The second-order valence-electron chi connectivity index (χ2n) is 8.86. The zero-order valence-electron chi connectivity index (χ0n) is 18.8. The number of hydrogen-bond acceptors (Lipinski definition) is 6. The van der Waals surface area contributed by atoms with Crippen LogP contribution in [-0.4, -0.2) is 58.6 Å². The number of anilines is 1. The Morgan fingerprint density at radius 3 is 2.62 bits per heavy atom. The van der Waals surface area contributed by atoms with Gasteiger partial charge in [0.2, 0.25) is 10.0 Å². The van der Waals surface area contributed by atoms with Crippen molar-refractivity contribution in [1.82, 2.24) is 24.2 Å². The van der Waals surface area contributed by atoms with E-state index in [2.05, 4.69) is 31.7 Å². The molecule has 3 aromatic rings. The van der Waals surface area contributed by atoms with Gasteiger partial charge < -0.3 is 15.6 Å². The molecule has 34 heavy (non-hydrogen) atoms. The van der Waals surface area contributed by atoms with Gasteiger partial charge in [0.1, 0.15) is 17.8 Å². The van der Waals surface area contributed by atoms with E-state index in [9.17, 15) is 13.2 Å². The predicted molar refractivity (Wildman–Crippen MR) is 129 cm³/mol. The number of fused-ring (bicyclic) bond motifs is 1. The Morgan fingerprint density at radius 2 is 1.91 bits per heavy atom. The summed E-state index contributed by atoms with van der Waals surface area (Å²) in [5, 5.41) is 3.74. The minimum atomic E-state index is -3.19.